The van der Waals surface area contributed by atoms with E-state index in [0.717, 1.165) is 11.4 Å². The average Bonchev–Trinajstić information content (AvgIpc) is 2.99. The maximum atomic E-state index is 12.7. The Morgan fingerprint density at radius 2 is 1.73 bits per heavy atom. The van der Waals surface area contributed by atoms with E-state index in [1.807, 2.05) is 39.0 Å². The molecule has 0 atom stereocenters. The summed E-state index contributed by atoms with van der Waals surface area (Å²) in [5.74, 6) is 0.421. The average molecular weight is 370 g/mol. The Balaban J connectivity index is 1.98. The molecule has 3 rings (SSSR count). The first-order valence-corrected chi connectivity index (χ1v) is 9.80. The lowest BCUT2D eigenvalue weighted by Crippen LogP contribution is -2.17. The van der Waals surface area contributed by atoms with Crippen LogP contribution in [-0.4, -0.2) is 23.2 Å². The summed E-state index contributed by atoms with van der Waals surface area (Å²) >= 11 is 0. The van der Waals surface area contributed by atoms with Crippen LogP contribution in [0.2, 0.25) is 0 Å². The van der Waals surface area contributed by atoms with Crippen LogP contribution in [0.15, 0.2) is 65.7 Å². The van der Waals surface area contributed by atoms with Crippen LogP contribution in [0, 0.1) is 0 Å². The molecule has 136 valence electrons. The quantitative estimate of drug-likeness (QED) is 0.746. The fourth-order valence-corrected chi connectivity index (χ4v) is 3.50. The number of hydrogen-bond acceptors (Lipinski definition) is 4. The minimum absolute atomic E-state index is 0.206. The minimum atomic E-state index is -3.69. The van der Waals surface area contributed by atoms with Gasteiger partial charge in [-0.3, -0.25) is 9.71 Å². The molecule has 1 N–H and O–H groups in total. The number of pyridine rings is 1. The zero-order chi connectivity index (χ0) is 18.8. The molecule has 6 nitrogen and oxygen atoms in total. The first kappa shape index (κ1) is 18.1. The lowest BCUT2D eigenvalue weighted by Gasteiger charge is -2.14. The lowest BCUT2D eigenvalue weighted by atomic mass is 9.92. The monoisotopic (exact) mass is 370 g/mol. The van der Waals surface area contributed by atoms with E-state index in [1.165, 1.54) is 0 Å². The predicted molar refractivity (Wildman–Crippen MR) is 102 cm³/mol. The summed E-state index contributed by atoms with van der Waals surface area (Å²) in [6, 6.07) is 15.7. The second-order valence-electron chi connectivity index (χ2n) is 7.06. The topological polar surface area (TPSA) is 76.9 Å². The molecular weight excluding hydrogens is 348 g/mol. The van der Waals surface area contributed by atoms with Crippen molar-refractivity contribution in [1.29, 1.82) is 0 Å². The van der Waals surface area contributed by atoms with Gasteiger partial charge in [0.15, 0.2) is 0 Å². The maximum absolute atomic E-state index is 12.7. The van der Waals surface area contributed by atoms with Gasteiger partial charge in [0.25, 0.3) is 10.0 Å². The highest BCUT2D eigenvalue weighted by Crippen LogP contribution is 2.26. The number of nitrogens with zero attached hydrogens (tertiary/aromatic N) is 3. The Morgan fingerprint density at radius 1 is 1.04 bits per heavy atom. The molecule has 3 aromatic rings. The Morgan fingerprint density at radius 3 is 2.35 bits per heavy atom. The molecule has 1 aromatic carbocycles. The van der Waals surface area contributed by atoms with Gasteiger partial charge in [-0.2, -0.15) is 5.10 Å². The normalized spacial score (nSPS) is 12.1. The highest BCUT2D eigenvalue weighted by molar-refractivity contribution is 7.92. The van der Waals surface area contributed by atoms with Gasteiger partial charge in [0, 0.05) is 17.7 Å². The molecule has 26 heavy (non-hydrogen) atoms. The highest BCUT2D eigenvalue weighted by Gasteiger charge is 2.23. The van der Waals surface area contributed by atoms with E-state index in [9.17, 15) is 8.42 Å². The molecule has 0 saturated carbocycles. The van der Waals surface area contributed by atoms with Crippen molar-refractivity contribution in [3.63, 3.8) is 0 Å². The van der Waals surface area contributed by atoms with Crippen LogP contribution in [0.5, 0.6) is 0 Å². The summed E-state index contributed by atoms with van der Waals surface area (Å²) in [7, 11) is -3.69. The van der Waals surface area contributed by atoms with Gasteiger partial charge in [-0.05, 0) is 24.3 Å². The number of aromatic nitrogens is 3. The van der Waals surface area contributed by atoms with Crippen LogP contribution in [0.25, 0.3) is 0 Å². The maximum Gasteiger partial charge on any atom is 0.263 e. The second kappa shape index (κ2) is 6.92. The van der Waals surface area contributed by atoms with E-state index in [0.29, 0.717) is 12.4 Å². The van der Waals surface area contributed by atoms with Gasteiger partial charge < -0.3 is 0 Å². The van der Waals surface area contributed by atoms with Crippen molar-refractivity contribution in [2.45, 2.75) is 37.6 Å². The molecule has 0 saturated heterocycles. The van der Waals surface area contributed by atoms with Crippen molar-refractivity contribution in [3.8, 4) is 0 Å². The third-order valence-corrected chi connectivity index (χ3v) is 5.25. The lowest BCUT2D eigenvalue weighted by molar-refractivity contribution is 0.544. The highest BCUT2D eigenvalue weighted by atomic mass is 32.2. The van der Waals surface area contributed by atoms with E-state index >= 15 is 0 Å². The van der Waals surface area contributed by atoms with E-state index in [2.05, 4.69) is 14.8 Å². The number of anilines is 1. The van der Waals surface area contributed by atoms with Gasteiger partial charge in [0.2, 0.25) is 0 Å². The molecule has 7 heteroatoms. The molecule has 0 aliphatic rings. The summed E-state index contributed by atoms with van der Waals surface area (Å²) in [4.78, 5) is 4.51. The van der Waals surface area contributed by atoms with Crippen molar-refractivity contribution in [1.82, 2.24) is 14.8 Å². The van der Waals surface area contributed by atoms with E-state index in [-0.39, 0.29) is 10.3 Å². The fourth-order valence-electron chi connectivity index (χ4n) is 2.43. The molecule has 0 fully saturated rings. The Hall–Kier alpha value is -2.67. The molecule has 0 bridgehead atoms. The molecule has 0 unspecified atom stereocenters. The third-order valence-electron chi connectivity index (χ3n) is 3.88. The number of nitrogens with one attached hydrogen (secondary N) is 1. The van der Waals surface area contributed by atoms with Gasteiger partial charge in [-0.15, -0.1) is 0 Å². The van der Waals surface area contributed by atoms with Gasteiger partial charge in [-0.25, -0.2) is 13.1 Å². The number of benzene rings is 1. The second-order valence-corrected chi connectivity index (χ2v) is 8.74. The first-order valence-electron chi connectivity index (χ1n) is 8.32. The molecule has 0 radical (unpaired) electrons. The number of hydrogen-bond donors (Lipinski definition) is 1. The third kappa shape index (κ3) is 4.11. The van der Waals surface area contributed by atoms with Crippen LogP contribution in [0.4, 0.5) is 5.82 Å². The van der Waals surface area contributed by atoms with Crippen molar-refractivity contribution in [2.24, 2.45) is 0 Å². The molecule has 0 aliphatic carbocycles. The molecule has 2 aromatic heterocycles. The molecule has 0 spiro atoms. The summed E-state index contributed by atoms with van der Waals surface area (Å²) in [5.41, 5.74) is 1.40. The standard InChI is InChI=1S/C19H22N4O2S/c1-19(2,3)17-13-18(22-26(24,25)16-10-5-4-6-11-16)23(21-17)14-15-9-7-8-12-20-15/h4-13,22H,14H2,1-3H3. The zero-order valence-electron chi connectivity index (χ0n) is 15.0. The van der Waals surface area contributed by atoms with Crippen LogP contribution in [0.3, 0.4) is 0 Å². The number of sulfonamides is 1. The summed E-state index contributed by atoms with van der Waals surface area (Å²) in [6.45, 7) is 6.49. The SMILES string of the molecule is CC(C)(C)c1cc(NS(=O)(=O)c2ccccc2)n(Cc2ccccn2)n1. The summed E-state index contributed by atoms with van der Waals surface area (Å²) in [5, 5.41) is 4.60. The van der Waals surface area contributed by atoms with Crippen LogP contribution in [-0.2, 0) is 22.0 Å². The predicted octanol–water partition coefficient (Wildman–Crippen LogP) is 3.42. The van der Waals surface area contributed by atoms with E-state index < -0.39 is 10.0 Å². The summed E-state index contributed by atoms with van der Waals surface area (Å²) < 4.78 is 29.7. The fraction of sp³-hybridized carbons (Fsp3) is 0.263. The Labute approximate surface area is 154 Å². The van der Waals surface area contributed by atoms with Crippen LogP contribution in [0.1, 0.15) is 32.2 Å². The summed E-state index contributed by atoms with van der Waals surface area (Å²) in [6.07, 6.45) is 1.71. The first-order chi connectivity index (χ1) is 12.3. The van der Waals surface area contributed by atoms with Crippen molar-refractivity contribution in [3.05, 3.63) is 72.2 Å². The van der Waals surface area contributed by atoms with Crippen molar-refractivity contribution in [2.75, 3.05) is 4.72 Å². The largest absolute Gasteiger partial charge is 0.264 e. The molecule has 0 amide bonds. The van der Waals surface area contributed by atoms with Crippen molar-refractivity contribution < 1.29 is 8.42 Å². The van der Waals surface area contributed by atoms with Gasteiger partial charge >= 0.3 is 0 Å². The molecular formula is C19H22N4O2S. The molecule has 2 heterocycles. The van der Waals surface area contributed by atoms with Gasteiger partial charge in [0.05, 0.1) is 22.8 Å². The number of rotatable bonds is 5. The van der Waals surface area contributed by atoms with Crippen LogP contribution >= 0.6 is 0 Å². The van der Waals surface area contributed by atoms with E-state index in [4.69, 9.17) is 0 Å². The van der Waals surface area contributed by atoms with Gasteiger partial charge in [0.1, 0.15) is 5.82 Å². The Kier molecular flexibility index (Phi) is 4.82. The minimum Gasteiger partial charge on any atom is -0.264 e. The Bertz CT molecular complexity index is 975. The zero-order valence-corrected chi connectivity index (χ0v) is 15.9. The van der Waals surface area contributed by atoms with E-state index in [1.54, 1.807) is 47.3 Å². The van der Waals surface area contributed by atoms with Crippen molar-refractivity contribution >= 4 is 15.8 Å². The van der Waals surface area contributed by atoms with Gasteiger partial charge in [-0.1, -0.05) is 45.0 Å². The molecule has 0 aliphatic heterocycles. The van der Waals surface area contributed by atoms with Crippen LogP contribution < -0.4 is 4.72 Å². The smallest absolute Gasteiger partial charge is 0.263 e.